The quantitative estimate of drug-likeness (QED) is 0.491. The summed E-state index contributed by atoms with van der Waals surface area (Å²) in [6, 6.07) is 22.7. The van der Waals surface area contributed by atoms with Crippen LogP contribution < -0.4 is 10.3 Å². The average Bonchev–Trinajstić information content (AvgIpc) is 3.12. The highest BCUT2D eigenvalue weighted by Crippen LogP contribution is 2.40. The van der Waals surface area contributed by atoms with Crippen LogP contribution in [-0.2, 0) is 13.1 Å². The Morgan fingerprint density at radius 3 is 2.55 bits per heavy atom. The van der Waals surface area contributed by atoms with Crippen molar-refractivity contribution in [3.8, 4) is 5.75 Å². The highest BCUT2D eigenvalue weighted by Gasteiger charge is 2.32. The lowest BCUT2D eigenvalue weighted by Gasteiger charge is -2.23. The minimum Gasteiger partial charge on any atom is -0.489 e. The van der Waals surface area contributed by atoms with Gasteiger partial charge in [-0.1, -0.05) is 61.5 Å². The Bertz CT molecular complexity index is 1380. The van der Waals surface area contributed by atoms with E-state index in [4.69, 9.17) is 4.74 Å². The molecule has 2 heterocycles. The van der Waals surface area contributed by atoms with Gasteiger partial charge in [0.05, 0.1) is 23.0 Å². The first-order valence-electron chi connectivity index (χ1n) is 11.1. The van der Waals surface area contributed by atoms with Gasteiger partial charge in [-0.05, 0) is 30.7 Å². The van der Waals surface area contributed by atoms with Gasteiger partial charge in [-0.2, -0.15) is 0 Å². The van der Waals surface area contributed by atoms with Crippen molar-refractivity contribution in [3.05, 3.63) is 106 Å². The number of ether oxygens (including phenoxy) is 1. The average molecular weight is 440 g/mol. The van der Waals surface area contributed by atoms with Crippen LogP contribution in [0.25, 0.3) is 10.9 Å². The second-order valence-corrected chi connectivity index (χ2v) is 8.51. The van der Waals surface area contributed by atoms with Gasteiger partial charge >= 0.3 is 0 Å². The van der Waals surface area contributed by atoms with Gasteiger partial charge in [-0.3, -0.25) is 9.59 Å². The third-order valence-electron chi connectivity index (χ3n) is 6.28. The second kappa shape index (κ2) is 8.54. The summed E-state index contributed by atoms with van der Waals surface area (Å²) in [5.41, 5.74) is 2.96. The highest BCUT2D eigenvalue weighted by molar-refractivity contribution is 5.97. The van der Waals surface area contributed by atoms with E-state index >= 15 is 0 Å². The van der Waals surface area contributed by atoms with Crippen molar-refractivity contribution in [2.75, 3.05) is 0 Å². The Hall–Kier alpha value is -3.93. The predicted molar refractivity (Wildman–Crippen MR) is 127 cm³/mol. The first-order valence-corrected chi connectivity index (χ1v) is 11.1. The molecule has 0 saturated carbocycles. The van der Waals surface area contributed by atoms with Gasteiger partial charge in [0.25, 0.3) is 11.5 Å². The SMILES string of the molecule is C[C@@H]1Oc2c(C(=O)N(Cc3ccccc3)Cc3nc4ccccc4c(=O)[nH]3)cccc2[C@H]1C. The summed E-state index contributed by atoms with van der Waals surface area (Å²) in [5.74, 6) is 1.15. The molecule has 0 unspecified atom stereocenters. The Morgan fingerprint density at radius 1 is 0.970 bits per heavy atom. The maximum Gasteiger partial charge on any atom is 0.258 e. The molecule has 166 valence electrons. The summed E-state index contributed by atoms with van der Waals surface area (Å²) in [6.45, 7) is 4.67. The second-order valence-electron chi connectivity index (χ2n) is 8.51. The normalized spacial score (nSPS) is 16.9. The fourth-order valence-electron chi connectivity index (χ4n) is 4.32. The molecule has 0 aliphatic carbocycles. The molecular weight excluding hydrogens is 414 g/mol. The van der Waals surface area contributed by atoms with Crippen LogP contribution >= 0.6 is 0 Å². The molecule has 1 amide bonds. The van der Waals surface area contributed by atoms with E-state index in [0.717, 1.165) is 11.1 Å². The molecule has 0 fully saturated rings. The fourth-order valence-corrected chi connectivity index (χ4v) is 4.32. The van der Waals surface area contributed by atoms with Crippen LogP contribution in [0.5, 0.6) is 5.75 Å². The molecule has 6 heteroatoms. The van der Waals surface area contributed by atoms with E-state index in [0.29, 0.717) is 34.6 Å². The van der Waals surface area contributed by atoms with E-state index in [1.165, 1.54) is 0 Å². The van der Waals surface area contributed by atoms with Crippen molar-refractivity contribution in [1.82, 2.24) is 14.9 Å². The summed E-state index contributed by atoms with van der Waals surface area (Å²) < 4.78 is 6.08. The minimum atomic E-state index is -0.214. The van der Waals surface area contributed by atoms with Crippen LogP contribution in [0.4, 0.5) is 0 Å². The van der Waals surface area contributed by atoms with Crippen molar-refractivity contribution >= 4 is 16.8 Å². The Labute approximate surface area is 191 Å². The standard InChI is InChI=1S/C27H25N3O3/c1-17-18(2)33-25-20(17)12-8-13-22(25)27(32)30(15-19-9-4-3-5-10-19)16-24-28-23-14-7-6-11-21(23)26(31)29-24/h3-14,17-18H,15-16H2,1-2H3,(H,28,29,31)/t17-,18-/m0/s1. The van der Waals surface area contributed by atoms with E-state index < -0.39 is 0 Å². The smallest absolute Gasteiger partial charge is 0.258 e. The molecule has 3 aromatic carbocycles. The third kappa shape index (κ3) is 4.00. The van der Waals surface area contributed by atoms with Crippen molar-refractivity contribution in [3.63, 3.8) is 0 Å². The molecule has 5 rings (SSSR count). The Kier molecular flexibility index (Phi) is 5.42. The van der Waals surface area contributed by atoms with Gasteiger partial charge in [0.15, 0.2) is 0 Å². The van der Waals surface area contributed by atoms with Crippen LogP contribution in [0.2, 0.25) is 0 Å². The number of amides is 1. The number of para-hydroxylation sites is 2. The predicted octanol–water partition coefficient (Wildman–Crippen LogP) is 4.65. The number of rotatable bonds is 5. The zero-order valence-electron chi connectivity index (χ0n) is 18.6. The zero-order chi connectivity index (χ0) is 22.9. The number of aromatic nitrogens is 2. The van der Waals surface area contributed by atoms with Crippen molar-refractivity contribution in [2.24, 2.45) is 0 Å². The number of benzene rings is 3. The van der Waals surface area contributed by atoms with Crippen LogP contribution in [0, 0.1) is 0 Å². The highest BCUT2D eigenvalue weighted by atomic mass is 16.5. The van der Waals surface area contributed by atoms with E-state index in [2.05, 4.69) is 16.9 Å². The summed E-state index contributed by atoms with van der Waals surface area (Å²) in [6.07, 6.45) is 0.00929. The first-order chi connectivity index (χ1) is 16.0. The fraction of sp³-hybridized carbons (Fsp3) is 0.222. The number of nitrogens with one attached hydrogen (secondary N) is 1. The maximum absolute atomic E-state index is 13.8. The number of nitrogens with zero attached hydrogens (tertiary/aromatic N) is 2. The molecule has 0 bridgehead atoms. The van der Waals surface area contributed by atoms with Gasteiger partial charge in [-0.15, -0.1) is 0 Å². The lowest BCUT2D eigenvalue weighted by Crippen LogP contribution is -2.32. The van der Waals surface area contributed by atoms with Gasteiger partial charge in [0.2, 0.25) is 0 Å². The van der Waals surface area contributed by atoms with E-state index in [1.807, 2.05) is 61.5 Å². The number of carbonyl (C=O) groups is 1. The Morgan fingerprint density at radius 2 is 1.73 bits per heavy atom. The number of hydrogen-bond donors (Lipinski definition) is 1. The van der Waals surface area contributed by atoms with E-state index in [9.17, 15) is 9.59 Å². The molecule has 1 aromatic heterocycles. The largest absolute Gasteiger partial charge is 0.489 e. The van der Waals surface area contributed by atoms with Gasteiger partial charge < -0.3 is 14.6 Å². The first kappa shape index (κ1) is 20.9. The summed E-state index contributed by atoms with van der Waals surface area (Å²) >= 11 is 0. The summed E-state index contributed by atoms with van der Waals surface area (Å²) in [4.78, 5) is 35.5. The van der Waals surface area contributed by atoms with Crippen molar-refractivity contribution < 1.29 is 9.53 Å². The van der Waals surface area contributed by atoms with Crippen molar-refractivity contribution in [1.29, 1.82) is 0 Å². The van der Waals surface area contributed by atoms with Gasteiger partial charge in [0, 0.05) is 18.0 Å². The maximum atomic E-state index is 13.8. The molecule has 0 radical (unpaired) electrons. The molecule has 4 aromatic rings. The summed E-state index contributed by atoms with van der Waals surface area (Å²) in [7, 11) is 0. The lowest BCUT2D eigenvalue weighted by molar-refractivity contribution is 0.0720. The van der Waals surface area contributed by atoms with Gasteiger partial charge in [-0.25, -0.2) is 4.98 Å². The minimum absolute atomic E-state index is 0.00929. The molecule has 1 aliphatic rings. The molecular formula is C27H25N3O3. The Balaban J connectivity index is 1.54. The molecule has 6 nitrogen and oxygen atoms in total. The van der Waals surface area contributed by atoms with E-state index in [-0.39, 0.29) is 30.0 Å². The molecule has 33 heavy (non-hydrogen) atoms. The van der Waals surface area contributed by atoms with Gasteiger partial charge in [0.1, 0.15) is 17.7 Å². The number of H-pyrrole nitrogens is 1. The number of carbonyl (C=O) groups excluding carboxylic acids is 1. The molecule has 0 saturated heterocycles. The third-order valence-corrected chi connectivity index (χ3v) is 6.28. The lowest BCUT2D eigenvalue weighted by atomic mass is 9.96. The van der Waals surface area contributed by atoms with Crippen LogP contribution in [0.3, 0.4) is 0 Å². The van der Waals surface area contributed by atoms with E-state index in [1.54, 1.807) is 23.1 Å². The van der Waals surface area contributed by atoms with Crippen LogP contribution in [-0.4, -0.2) is 26.9 Å². The number of aromatic amines is 1. The molecule has 0 spiro atoms. The van der Waals surface area contributed by atoms with Crippen molar-refractivity contribution in [2.45, 2.75) is 39.0 Å². The number of fused-ring (bicyclic) bond motifs is 2. The number of hydrogen-bond acceptors (Lipinski definition) is 4. The molecule has 2 atom stereocenters. The molecule has 1 N–H and O–H groups in total. The topological polar surface area (TPSA) is 75.3 Å². The van der Waals surface area contributed by atoms with Crippen LogP contribution in [0.1, 0.15) is 47.1 Å². The summed E-state index contributed by atoms with van der Waals surface area (Å²) in [5, 5.41) is 0.527. The zero-order valence-corrected chi connectivity index (χ0v) is 18.6. The monoisotopic (exact) mass is 439 g/mol. The molecule has 1 aliphatic heterocycles. The van der Waals surface area contributed by atoms with Crippen LogP contribution in [0.15, 0.2) is 77.6 Å².